The summed E-state index contributed by atoms with van der Waals surface area (Å²) in [5.41, 5.74) is 4.02. The first kappa shape index (κ1) is 16.5. The quantitative estimate of drug-likeness (QED) is 0.923. The standard InChI is InChI=1S/C20H30N2O/c1-20(2,3)17-5-6-18-16(14-17)10-13-22(18)19(23)7-4-15-8-11-21-12-9-15/h5-6,14-15,21H,4,7-13H2,1-3H3. The van der Waals surface area contributed by atoms with Gasteiger partial charge in [0.15, 0.2) is 0 Å². The first-order valence-electron chi connectivity index (χ1n) is 9.09. The van der Waals surface area contributed by atoms with Crippen LogP contribution >= 0.6 is 0 Å². The molecule has 126 valence electrons. The van der Waals surface area contributed by atoms with Gasteiger partial charge in [-0.1, -0.05) is 32.9 Å². The van der Waals surface area contributed by atoms with E-state index in [4.69, 9.17) is 0 Å². The van der Waals surface area contributed by atoms with Crippen LogP contribution in [0.1, 0.15) is 57.6 Å². The second-order valence-corrected chi connectivity index (χ2v) is 8.12. The minimum absolute atomic E-state index is 0.168. The molecule has 3 heteroatoms. The third-order valence-corrected chi connectivity index (χ3v) is 5.37. The lowest BCUT2D eigenvalue weighted by Crippen LogP contribution is -2.31. The Labute approximate surface area is 140 Å². The zero-order valence-electron chi connectivity index (χ0n) is 14.8. The molecule has 3 nitrogen and oxygen atoms in total. The Morgan fingerprint density at radius 3 is 2.70 bits per heavy atom. The highest BCUT2D eigenvalue weighted by Crippen LogP contribution is 2.33. The molecule has 0 spiro atoms. The van der Waals surface area contributed by atoms with Crippen molar-refractivity contribution in [2.24, 2.45) is 5.92 Å². The van der Waals surface area contributed by atoms with Crippen LogP contribution in [0, 0.1) is 5.92 Å². The van der Waals surface area contributed by atoms with E-state index in [1.54, 1.807) is 0 Å². The fourth-order valence-electron chi connectivity index (χ4n) is 3.76. The molecule has 0 bridgehead atoms. The normalized spacial score (nSPS) is 19.0. The Bertz CT molecular complexity index is 567. The van der Waals surface area contributed by atoms with E-state index in [9.17, 15) is 4.79 Å². The van der Waals surface area contributed by atoms with Gasteiger partial charge in [-0.25, -0.2) is 0 Å². The molecule has 1 aromatic carbocycles. The van der Waals surface area contributed by atoms with E-state index in [0.29, 0.717) is 12.3 Å². The van der Waals surface area contributed by atoms with Gasteiger partial charge in [0.25, 0.3) is 0 Å². The predicted octanol–water partition coefficient (Wildman–Crippen LogP) is 3.65. The highest BCUT2D eigenvalue weighted by atomic mass is 16.2. The summed E-state index contributed by atoms with van der Waals surface area (Å²) < 4.78 is 0. The van der Waals surface area contributed by atoms with Gasteiger partial charge >= 0.3 is 0 Å². The predicted molar refractivity (Wildman–Crippen MR) is 96.0 cm³/mol. The highest BCUT2D eigenvalue weighted by molar-refractivity contribution is 5.95. The third kappa shape index (κ3) is 3.77. The molecule has 1 amide bonds. The molecule has 0 aliphatic carbocycles. The van der Waals surface area contributed by atoms with Crippen molar-refractivity contribution < 1.29 is 4.79 Å². The molecular weight excluding hydrogens is 284 g/mol. The number of piperidine rings is 1. The second kappa shape index (κ2) is 6.64. The number of nitrogens with one attached hydrogen (secondary N) is 1. The summed E-state index contributed by atoms with van der Waals surface area (Å²) in [5, 5.41) is 3.39. The second-order valence-electron chi connectivity index (χ2n) is 8.12. The van der Waals surface area contributed by atoms with Gasteiger partial charge in [-0.15, -0.1) is 0 Å². The Hall–Kier alpha value is -1.35. The number of fused-ring (bicyclic) bond motifs is 1. The van der Waals surface area contributed by atoms with Gasteiger partial charge in [-0.3, -0.25) is 4.79 Å². The van der Waals surface area contributed by atoms with Crippen molar-refractivity contribution in [2.45, 2.75) is 58.3 Å². The van der Waals surface area contributed by atoms with Crippen molar-refractivity contribution in [1.82, 2.24) is 5.32 Å². The summed E-state index contributed by atoms with van der Waals surface area (Å²) in [4.78, 5) is 14.7. The number of hydrogen-bond acceptors (Lipinski definition) is 2. The lowest BCUT2D eigenvalue weighted by atomic mass is 9.86. The molecule has 2 aliphatic heterocycles. The fourth-order valence-corrected chi connectivity index (χ4v) is 3.76. The van der Waals surface area contributed by atoms with Gasteiger partial charge in [0.05, 0.1) is 0 Å². The number of amides is 1. The molecule has 3 rings (SSSR count). The van der Waals surface area contributed by atoms with Crippen molar-refractivity contribution in [3.05, 3.63) is 29.3 Å². The number of hydrogen-bond donors (Lipinski definition) is 1. The molecule has 0 atom stereocenters. The Morgan fingerprint density at radius 2 is 2.00 bits per heavy atom. The van der Waals surface area contributed by atoms with E-state index in [1.807, 2.05) is 4.90 Å². The van der Waals surface area contributed by atoms with E-state index in [2.05, 4.69) is 44.3 Å². The Morgan fingerprint density at radius 1 is 1.26 bits per heavy atom. The molecule has 2 heterocycles. The summed E-state index contributed by atoms with van der Waals surface area (Å²) >= 11 is 0. The van der Waals surface area contributed by atoms with E-state index in [-0.39, 0.29) is 5.41 Å². The van der Waals surface area contributed by atoms with Crippen LogP contribution in [0.25, 0.3) is 0 Å². The molecular formula is C20H30N2O. The van der Waals surface area contributed by atoms with Crippen LogP contribution in [0.4, 0.5) is 5.69 Å². The zero-order chi connectivity index (χ0) is 16.4. The first-order chi connectivity index (χ1) is 10.9. The van der Waals surface area contributed by atoms with Crippen molar-refractivity contribution in [3.8, 4) is 0 Å². The van der Waals surface area contributed by atoms with Crippen molar-refractivity contribution in [2.75, 3.05) is 24.5 Å². The molecule has 23 heavy (non-hydrogen) atoms. The maximum atomic E-state index is 12.6. The van der Waals surface area contributed by atoms with Gasteiger partial charge in [0.2, 0.25) is 5.91 Å². The summed E-state index contributed by atoms with van der Waals surface area (Å²) in [6.45, 7) is 9.80. The van der Waals surface area contributed by atoms with Crippen LogP contribution in [0.5, 0.6) is 0 Å². The van der Waals surface area contributed by atoms with Crippen LogP contribution in [0.3, 0.4) is 0 Å². The van der Waals surface area contributed by atoms with Crippen LogP contribution in [0.15, 0.2) is 18.2 Å². The molecule has 1 N–H and O–H groups in total. The van der Waals surface area contributed by atoms with Crippen molar-refractivity contribution in [3.63, 3.8) is 0 Å². The average Bonchev–Trinajstić information content (AvgIpc) is 2.96. The fraction of sp³-hybridized carbons (Fsp3) is 0.650. The first-order valence-corrected chi connectivity index (χ1v) is 9.09. The summed E-state index contributed by atoms with van der Waals surface area (Å²) in [6.07, 6.45) is 5.19. The zero-order valence-corrected chi connectivity index (χ0v) is 14.8. The topological polar surface area (TPSA) is 32.3 Å². The molecule has 0 aromatic heterocycles. The number of benzene rings is 1. The van der Waals surface area contributed by atoms with Crippen LogP contribution in [-0.4, -0.2) is 25.5 Å². The minimum Gasteiger partial charge on any atom is -0.317 e. The molecule has 2 aliphatic rings. The van der Waals surface area contributed by atoms with Gasteiger partial charge in [-0.05, 0) is 67.3 Å². The van der Waals surface area contributed by atoms with Crippen molar-refractivity contribution in [1.29, 1.82) is 0 Å². The molecule has 1 aromatic rings. The van der Waals surface area contributed by atoms with E-state index < -0.39 is 0 Å². The Balaban J connectivity index is 1.63. The molecule has 1 saturated heterocycles. The van der Waals surface area contributed by atoms with E-state index in [0.717, 1.165) is 44.1 Å². The number of carbonyl (C=O) groups excluding carboxylic acids is 1. The lowest BCUT2D eigenvalue weighted by molar-refractivity contribution is -0.118. The maximum Gasteiger partial charge on any atom is 0.227 e. The van der Waals surface area contributed by atoms with Gasteiger partial charge < -0.3 is 10.2 Å². The number of carbonyl (C=O) groups is 1. The smallest absolute Gasteiger partial charge is 0.227 e. The monoisotopic (exact) mass is 314 g/mol. The number of rotatable bonds is 3. The summed E-state index contributed by atoms with van der Waals surface area (Å²) in [7, 11) is 0. The third-order valence-electron chi connectivity index (χ3n) is 5.37. The molecule has 0 saturated carbocycles. The lowest BCUT2D eigenvalue weighted by Gasteiger charge is -2.24. The average molecular weight is 314 g/mol. The van der Waals surface area contributed by atoms with Crippen LogP contribution < -0.4 is 10.2 Å². The number of nitrogens with zero attached hydrogens (tertiary/aromatic N) is 1. The van der Waals surface area contributed by atoms with Crippen LogP contribution in [-0.2, 0) is 16.6 Å². The van der Waals surface area contributed by atoms with Gasteiger partial charge in [-0.2, -0.15) is 0 Å². The largest absolute Gasteiger partial charge is 0.317 e. The maximum absolute atomic E-state index is 12.6. The summed E-state index contributed by atoms with van der Waals surface area (Å²) in [6, 6.07) is 6.65. The highest BCUT2D eigenvalue weighted by Gasteiger charge is 2.26. The van der Waals surface area contributed by atoms with Crippen LogP contribution in [0.2, 0.25) is 0 Å². The summed E-state index contributed by atoms with van der Waals surface area (Å²) in [5.74, 6) is 1.04. The Kier molecular flexibility index (Phi) is 4.77. The van der Waals surface area contributed by atoms with Gasteiger partial charge in [0.1, 0.15) is 0 Å². The van der Waals surface area contributed by atoms with E-state index in [1.165, 1.54) is 24.0 Å². The number of anilines is 1. The van der Waals surface area contributed by atoms with Gasteiger partial charge in [0, 0.05) is 18.7 Å². The molecule has 0 unspecified atom stereocenters. The van der Waals surface area contributed by atoms with Crippen molar-refractivity contribution >= 4 is 11.6 Å². The molecule has 1 fully saturated rings. The SMILES string of the molecule is CC(C)(C)c1ccc2c(c1)CCN2C(=O)CCC1CCNCC1. The van der Waals surface area contributed by atoms with E-state index >= 15 is 0 Å². The molecule has 0 radical (unpaired) electrons. The minimum atomic E-state index is 0.168.